The zero-order valence-electron chi connectivity index (χ0n) is 10.5. The molecule has 3 nitrogen and oxygen atoms in total. The van der Waals surface area contributed by atoms with Gasteiger partial charge in [-0.25, -0.2) is 0 Å². The number of ether oxygens (including phenoxy) is 1. The van der Waals surface area contributed by atoms with Crippen molar-refractivity contribution in [3.05, 3.63) is 0 Å². The fraction of sp³-hybridized carbons (Fsp3) is 0.917. The number of esters is 1. The number of hydrogen-bond donors (Lipinski definition) is 0. The molecule has 0 bridgehead atoms. The van der Waals surface area contributed by atoms with Crippen molar-refractivity contribution in [1.29, 1.82) is 0 Å². The number of hydrogen-bond acceptors (Lipinski definition) is 3. The first-order valence-corrected chi connectivity index (χ1v) is 7.76. The summed E-state index contributed by atoms with van der Waals surface area (Å²) in [4.78, 5) is 10.8. The van der Waals surface area contributed by atoms with Crippen LogP contribution in [0.25, 0.3) is 0 Å². The van der Waals surface area contributed by atoms with Gasteiger partial charge >= 0.3 is 5.97 Å². The van der Waals surface area contributed by atoms with Gasteiger partial charge in [0.05, 0.1) is 7.11 Å². The fourth-order valence-corrected chi connectivity index (χ4v) is 2.17. The molecule has 0 aromatic rings. The maximum Gasteiger partial charge on any atom is 0.305 e. The van der Waals surface area contributed by atoms with Gasteiger partial charge in [0.2, 0.25) is 0 Å². The number of carbonyl (C=O) groups is 1. The summed E-state index contributed by atoms with van der Waals surface area (Å²) in [6, 6.07) is 0. The van der Waals surface area contributed by atoms with Gasteiger partial charge in [-0.1, -0.05) is 32.1 Å². The number of rotatable bonds is 10. The lowest BCUT2D eigenvalue weighted by Crippen LogP contribution is -1.99. The molecule has 0 amide bonds. The molecular formula is C12H24O3S. The first-order chi connectivity index (χ1) is 7.66. The first-order valence-electron chi connectivity index (χ1n) is 6.03. The highest BCUT2D eigenvalue weighted by molar-refractivity contribution is 7.84. The molecule has 0 aromatic heterocycles. The van der Waals surface area contributed by atoms with Crippen molar-refractivity contribution in [1.82, 2.24) is 0 Å². The fourth-order valence-electron chi connectivity index (χ4n) is 1.56. The van der Waals surface area contributed by atoms with Crippen LogP contribution in [0.15, 0.2) is 0 Å². The van der Waals surface area contributed by atoms with E-state index in [0.29, 0.717) is 6.42 Å². The molecule has 0 spiro atoms. The summed E-state index contributed by atoms with van der Waals surface area (Å²) >= 11 is 0. The summed E-state index contributed by atoms with van der Waals surface area (Å²) in [6.07, 6.45) is 10.2. The summed E-state index contributed by atoms with van der Waals surface area (Å²) in [7, 11) is 0.797. The smallest absolute Gasteiger partial charge is 0.305 e. The van der Waals surface area contributed by atoms with Crippen LogP contribution in [0, 0.1) is 0 Å². The van der Waals surface area contributed by atoms with Crippen molar-refractivity contribution in [2.75, 3.05) is 19.1 Å². The molecule has 0 radical (unpaired) electrons. The summed E-state index contributed by atoms with van der Waals surface area (Å²) in [5, 5.41) is 0. The highest BCUT2D eigenvalue weighted by Crippen LogP contribution is 2.09. The van der Waals surface area contributed by atoms with Crippen LogP contribution in [0.5, 0.6) is 0 Å². The van der Waals surface area contributed by atoms with Gasteiger partial charge in [-0.15, -0.1) is 0 Å². The predicted molar refractivity (Wildman–Crippen MR) is 67.9 cm³/mol. The highest BCUT2D eigenvalue weighted by atomic mass is 32.2. The van der Waals surface area contributed by atoms with Crippen molar-refractivity contribution in [3.8, 4) is 0 Å². The number of methoxy groups -OCH3 is 1. The van der Waals surface area contributed by atoms with E-state index in [1.54, 1.807) is 6.26 Å². The Morgan fingerprint density at radius 3 is 2.00 bits per heavy atom. The maximum atomic E-state index is 10.8. The summed E-state index contributed by atoms with van der Waals surface area (Å²) in [6.45, 7) is 0. The van der Waals surface area contributed by atoms with E-state index in [0.717, 1.165) is 25.0 Å². The standard InChI is InChI=1S/C12H24O3S/c1-15-12(13)10-8-6-4-3-5-7-9-11-16(2)14/h3-11H2,1-2H3. The van der Waals surface area contributed by atoms with E-state index in [1.807, 2.05) is 0 Å². The lowest BCUT2D eigenvalue weighted by molar-refractivity contribution is -0.140. The topological polar surface area (TPSA) is 43.4 Å². The van der Waals surface area contributed by atoms with Crippen molar-refractivity contribution in [2.45, 2.75) is 51.4 Å². The van der Waals surface area contributed by atoms with E-state index in [9.17, 15) is 9.00 Å². The molecule has 0 aliphatic heterocycles. The first kappa shape index (κ1) is 15.6. The summed E-state index contributed by atoms with van der Waals surface area (Å²) in [5.41, 5.74) is 0. The van der Waals surface area contributed by atoms with Gasteiger partial charge in [-0.05, 0) is 12.8 Å². The molecule has 0 aromatic carbocycles. The lowest BCUT2D eigenvalue weighted by atomic mass is 10.1. The van der Waals surface area contributed by atoms with Crippen LogP contribution in [0.2, 0.25) is 0 Å². The summed E-state index contributed by atoms with van der Waals surface area (Å²) in [5.74, 6) is 0.730. The third kappa shape index (κ3) is 11.7. The third-order valence-corrected chi connectivity index (χ3v) is 3.40. The van der Waals surface area contributed by atoms with Gasteiger partial charge in [0.25, 0.3) is 0 Å². The molecule has 0 saturated carbocycles. The summed E-state index contributed by atoms with van der Waals surface area (Å²) < 4.78 is 15.3. The van der Waals surface area contributed by atoms with Crippen LogP contribution < -0.4 is 0 Å². The van der Waals surface area contributed by atoms with Crippen LogP contribution >= 0.6 is 0 Å². The number of unbranched alkanes of at least 4 members (excludes halogenated alkanes) is 6. The minimum Gasteiger partial charge on any atom is -0.469 e. The zero-order valence-corrected chi connectivity index (χ0v) is 11.3. The second-order valence-electron chi connectivity index (χ2n) is 4.08. The predicted octanol–water partition coefficient (Wildman–Crippen LogP) is 2.66. The molecule has 96 valence electrons. The zero-order chi connectivity index (χ0) is 12.2. The van der Waals surface area contributed by atoms with Gasteiger partial charge < -0.3 is 4.74 Å². The molecular weight excluding hydrogens is 224 g/mol. The van der Waals surface area contributed by atoms with Crippen molar-refractivity contribution >= 4 is 16.8 Å². The monoisotopic (exact) mass is 248 g/mol. The molecule has 0 saturated heterocycles. The highest BCUT2D eigenvalue weighted by Gasteiger charge is 1.99. The largest absolute Gasteiger partial charge is 0.469 e. The Hall–Kier alpha value is -0.380. The van der Waals surface area contributed by atoms with Gasteiger partial charge in [0.1, 0.15) is 0 Å². The second-order valence-corrected chi connectivity index (χ2v) is 5.63. The van der Waals surface area contributed by atoms with E-state index >= 15 is 0 Å². The minimum atomic E-state index is -0.634. The molecule has 16 heavy (non-hydrogen) atoms. The molecule has 0 fully saturated rings. The average Bonchev–Trinajstić information content (AvgIpc) is 2.26. The Morgan fingerprint density at radius 2 is 1.50 bits per heavy atom. The van der Waals surface area contributed by atoms with Crippen LogP contribution in [-0.2, 0) is 20.3 Å². The molecule has 1 unspecified atom stereocenters. The molecule has 0 aliphatic rings. The third-order valence-electron chi connectivity index (χ3n) is 2.54. The van der Waals surface area contributed by atoms with Gasteiger partial charge in [-0.3, -0.25) is 9.00 Å². The van der Waals surface area contributed by atoms with E-state index in [-0.39, 0.29) is 5.97 Å². The minimum absolute atomic E-state index is 0.106. The molecule has 0 rings (SSSR count). The molecule has 4 heteroatoms. The molecule has 0 heterocycles. The SMILES string of the molecule is COC(=O)CCCCCCCCCS(C)=O. The molecule has 0 N–H and O–H groups in total. The van der Waals surface area contributed by atoms with Crippen molar-refractivity contribution in [3.63, 3.8) is 0 Å². The quantitative estimate of drug-likeness (QED) is 0.441. The van der Waals surface area contributed by atoms with Crippen LogP contribution in [0.3, 0.4) is 0 Å². The van der Waals surface area contributed by atoms with E-state index in [1.165, 1.54) is 32.8 Å². The van der Waals surface area contributed by atoms with Gasteiger partial charge in [0, 0.05) is 29.2 Å². The Balaban J connectivity index is 3.04. The lowest BCUT2D eigenvalue weighted by Gasteiger charge is -2.01. The Morgan fingerprint density at radius 1 is 1.00 bits per heavy atom. The average molecular weight is 248 g/mol. The molecule has 1 atom stereocenters. The van der Waals surface area contributed by atoms with Crippen molar-refractivity contribution in [2.24, 2.45) is 0 Å². The van der Waals surface area contributed by atoms with E-state index in [2.05, 4.69) is 4.74 Å². The Kier molecular flexibility index (Phi) is 10.9. The normalized spacial score (nSPS) is 12.4. The van der Waals surface area contributed by atoms with E-state index in [4.69, 9.17) is 0 Å². The van der Waals surface area contributed by atoms with Crippen LogP contribution in [0.1, 0.15) is 51.4 Å². The second kappa shape index (κ2) is 11.1. The molecule has 0 aliphatic carbocycles. The van der Waals surface area contributed by atoms with Crippen LogP contribution in [0.4, 0.5) is 0 Å². The maximum absolute atomic E-state index is 10.8. The van der Waals surface area contributed by atoms with E-state index < -0.39 is 10.8 Å². The number of carbonyl (C=O) groups excluding carboxylic acids is 1. The van der Waals surface area contributed by atoms with Crippen molar-refractivity contribution < 1.29 is 13.7 Å². The van der Waals surface area contributed by atoms with Gasteiger partial charge in [-0.2, -0.15) is 0 Å². The van der Waals surface area contributed by atoms with Crippen LogP contribution in [-0.4, -0.2) is 29.3 Å². The Labute approximate surface area is 101 Å². The Bertz CT molecular complexity index is 204. The van der Waals surface area contributed by atoms with Gasteiger partial charge in [0.15, 0.2) is 0 Å².